The standard InChI is InChI=1S/C28H29N3.C9H7N/c1-30-15-17-31(18-16-30)28-14-10-21(19-29-28)23-7-4-8-24-26(23)13-12-25-22-6-3-2-5-20(22)9-11-27(24)25;1-2-4-9-7-10-6-5-8(9)3-1/h2-3,5-6,9-14,19,23H,4,7-8,15-18H2,1H3;1-7H. The molecule has 1 fully saturated rings. The molecule has 0 saturated carbocycles. The number of hydrogen-bond donors (Lipinski definition) is 0. The second-order valence-corrected chi connectivity index (χ2v) is 11.4. The predicted molar refractivity (Wildman–Crippen MR) is 172 cm³/mol. The van der Waals surface area contributed by atoms with Crippen molar-refractivity contribution in [2.24, 2.45) is 0 Å². The molecule has 0 bridgehead atoms. The first-order valence-corrected chi connectivity index (χ1v) is 14.9. The van der Waals surface area contributed by atoms with E-state index in [1.165, 1.54) is 62.7 Å². The lowest BCUT2D eigenvalue weighted by Crippen LogP contribution is -2.44. The lowest BCUT2D eigenvalue weighted by Gasteiger charge is -2.33. The van der Waals surface area contributed by atoms with Gasteiger partial charge in [-0.3, -0.25) is 4.98 Å². The first-order valence-electron chi connectivity index (χ1n) is 14.9. The average molecular weight is 537 g/mol. The molecule has 8 rings (SSSR count). The van der Waals surface area contributed by atoms with Crippen LogP contribution in [0, 0.1) is 0 Å². The number of benzene rings is 4. The molecule has 1 atom stereocenters. The molecule has 204 valence electrons. The Morgan fingerprint density at radius 2 is 1.44 bits per heavy atom. The fourth-order valence-corrected chi connectivity index (χ4v) is 6.61. The van der Waals surface area contributed by atoms with E-state index in [2.05, 4.69) is 101 Å². The van der Waals surface area contributed by atoms with E-state index in [-0.39, 0.29) is 0 Å². The summed E-state index contributed by atoms with van der Waals surface area (Å²) in [6.45, 7) is 4.35. The van der Waals surface area contributed by atoms with Gasteiger partial charge >= 0.3 is 0 Å². The van der Waals surface area contributed by atoms with E-state index in [9.17, 15) is 0 Å². The quantitative estimate of drug-likeness (QED) is 0.211. The summed E-state index contributed by atoms with van der Waals surface area (Å²) in [4.78, 5) is 13.7. The molecule has 0 spiro atoms. The van der Waals surface area contributed by atoms with Gasteiger partial charge in [0.2, 0.25) is 0 Å². The summed E-state index contributed by atoms with van der Waals surface area (Å²) < 4.78 is 0. The molecule has 0 amide bonds. The van der Waals surface area contributed by atoms with Crippen molar-refractivity contribution >= 4 is 38.1 Å². The van der Waals surface area contributed by atoms with Crippen molar-refractivity contribution < 1.29 is 0 Å². The Morgan fingerprint density at radius 1 is 0.659 bits per heavy atom. The Hall–Kier alpha value is -4.28. The van der Waals surface area contributed by atoms with Gasteiger partial charge in [0.1, 0.15) is 5.82 Å². The van der Waals surface area contributed by atoms with Crippen molar-refractivity contribution in [1.82, 2.24) is 14.9 Å². The summed E-state index contributed by atoms with van der Waals surface area (Å²) in [6.07, 6.45) is 9.44. The Kier molecular flexibility index (Phi) is 7.08. The van der Waals surface area contributed by atoms with Crippen molar-refractivity contribution in [1.29, 1.82) is 0 Å². The molecule has 4 aromatic carbocycles. The molecule has 2 aromatic heterocycles. The number of aryl methyl sites for hydroxylation is 1. The molecule has 0 radical (unpaired) electrons. The van der Waals surface area contributed by atoms with Crippen molar-refractivity contribution in [2.45, 2.75) is 25.2 Å². The lowest BCUT2D eigenvalue weighted by molar-refractivity contribution is 0.312. The number of hydrogen-bond acceptors (Lipinski definition) is 4. The summed E-state index contributed by atoms with van der Waals surface area (Å²) in [7, 11) is 2.20. The van der Waals surface area contributed by atoms with Crippen LogP contribution in [-0.4, -0.2) is 48.1 Å². The molecular formula is C37H36N4. The van der Waals surface area contributed by atoms with E-state index in [1.807, 2.05) is 30.6 Å². The third-order valence-electron chi connectivity index (χ3n) is 8.92. The van der Waals surface area contributed by atoms with Crippen LogP contribution in [0.4, 0.5) is 5.82 Å². The van der Waals surface area contributed by atoms with Crippen LogP contribution in [0.25, 0.3) is 32.3 Å². The van der Waals surface area contributed by atoms with Crippen molar-refractivity contribution in [3.05, 3.63) is 126 Å². The van der Waals surface area contributed by atoms with Gasteiger partial charge in [-0.2, -0.15) is 0 Å². The molecule has 1 saturated heterocycles. The molecule has 1 unspecified atom stereocenters. The van der Waals surface area contributed by atoms with Crippen LogP contribution in [0.1, 0.15) is 35.4 Å². The number of likely N-dealkylation sites (N-methyl/N-ethyl adjacent to an activating group) is 1. The van der Waals surface area contributed by atoms with Crippen molar-refractivity contribution in [2.75, 3.05) is 38.1 Å². The second kappa shape index (κ2) is 11.3. The Morgan fingerprint density at radius 3 is 2.24 bits per heavy atom. The Labute approximate surface area is 242 Å². The first kappa shape index (κ1) is 25.7. The largest absolute Gasteiger partial charge is 0.354 e. The predicted octanol–water partition coefficient (Wildman–Crippen LogP) is 7.84. The number of fused-ring (bicyclic) bond motifs is 6. The van der Waals surface area contributed by atoms with Gasteiger partial charge in [-0.1, -0.05) is 78.9 Å². The molecular weight excluding hydrogens is 500 g/mol. The van der Waals surface area contributed by atoms with Crippen LogP contribution in [0.15, 0.2) is 110 Å². The van der Waals surface area contributed by atoms with E-state index in [4.69, 9.17) is 4.98 Å². The van der Waals surface area contributed by atoms with Gasteiger partial charge in [-0.15, -0.1) is 0 Å². The van der Waals surface area contributed by atoms with Gasteiger partial charge < -0.3 is 9.80 Å². The van der Waals surface area contributed by atoms with Crippen LogP contribution >= 0.6 is 0 Å². The maximum absolute atomic E-state index is 4.89. The number of piperazine rings is 1. The van der Waals surface area contributed by atoms with E-state index in [0.717, 1.165) is 32.0 Å². The summed E-state index contributed by atoms with van der Waals surface area (Å²) in [6, 6.07) is 32.9. The molecule has 41 heavy (non-hydrogen) atoms. The maximum Gasteiger partial charge on any atom is 0.128 e. The Bertz CT molecular complexity index is 1740. The second-order valence-electron chi connectivity index (χ2n) is 11.4. The highest BCUT2D eigenvalue weighted by molar-refractivity contribution is 6.08. The normalized spacial score (nSPS) is 17.3. The summed E-state index contributed by atoms with van der Waals surface area (Å²) in [5.41, 5.74) is 4.41. The minimum atomic E-state index is 0.452. The number of pyridine rings is 2. The zero-order valence-corrected chi connectivity index (χ0v) is 23.7. The van der Waals surface area contributed by atoms with Gasteiger partial charge in [-0.05, 0) is 87.5 Å². The molecule has 1 aliphatic heterocycles. The van der Waals surface area contributed by atoms with Crippen molar-refractivity contribution in [3.63, 3.8) is 0 Å². The summed E-state index contributed by atoms with van der Waals surface area (Å²) >= 11 is 0. The molecule has 6 aromatic rings. The third kappa shape index (κ3) is 5.16. The zero-order valence-electron chi connectivity index (χ0n) is 23.7. The minimum absolute atomic E-state index is 0.452. The number of rotatable bonds is 2. The van der Waals surface area contributed by atoms with E-state index < -0.39 is 0 Å². The summed E-state index contributed by atoms with van der Waals surface area (Å²) in [5.74, 6) is 1.58. The highest BCUT2D eigenvalue weighted by Gasteiger charge is 2.24. The van der Waals surface area contributed by atoms with Gasteiger partial charge in [0, 0.05) is 50.7 Å². The van der Waals surface area contributed by atoms with Gasteiger partial charge in [0.05, 0.1) is 0 Å². The minimum Gasteiger partial charge on any atom is -0.354 e. The Balaban J connectivity index is 0.000000232. The third-order valence-corrected chi connectivity index (χ3v) is 8.92. The first-order chi connectivity index (χ1) is 20.2. The molecule has 4 nitrogen and oxygen atoms in total. The number of nitrogens with zero attached hydrogens (tertiary/aromatic N) is 4. The average Bonchev–Trinajstić information content (AvgIpc) is 3.05. The fourth-order valence-electron chi connectivity index (χ4n) is 6.61. The summed E-state index contributed by atoms with van der Waals surface area (Å²) in [5, 5.41) is 7.96. The van der Waals surface area contributed by atoms with Crippen LogP contribution in [0.3, 0.4) is 0 Å². The van der Waals surface area contributed by atoms with Gasteiger partial charge in [0.25, 0.3) is 0 Å². The topological polar surface area (TPSA) is 32.3 Å². The fraction of sp³-hybridized carbons (Fsp3) is 0.243. The highest BCUT2D eigenvalue weighted by Crippen LogP contribution is 2.41. The van der Waals surface area contributed by atoms with E-state index in [0.29, 0.717) is 5.92 Å². The van der Waals surface area contributed by atoms with Crippen LogP contribution in [-0.2, 0) is 6.42 Å². The monoisotopic (exact) mass is 536 g/mol. The zero-order chi connectivity index (χ0) is 27.6. The molecule has 4 heteroatoms. The van der Waals surface area contributed by atoms with Gasteiger partial charge in [0.15, 0.2) is 0 Å². The molecule has 1 aliphatic carbocycles. The molecule has 3 heterocycles. The van der Waals surface area contributed by atoms with Crippen LogP contribution in [0.5, 0.6) is 0 Å². The lowest BCUT2D eigenvalue weighted by atomic mass is 9.77. The van der Waals surface area contributed by atoms with Crippen LogP contribution < -0.4 is 4.90 Å². The maximum atomic E-state index is 4.89. The number of aromatic nitrogens is 2. The highest BCUT2D eigenvalue weighted by atomic mass is 15.3. The smallest absolute Gasteiger partial charge is 0.128 e. The van der Waals surface area contributed by atoms with E-state index >= 15 is 0 Å². The number of anilines is 1. The molecule has 0 N–H and O–H groups in total. The van der Waals surface area contributed by atoms with Crippen molar-refractivity contribution in [3.8, 4) is 0 Å². The van der Waals surface area contributed by atoms with E-state index in [1.54, 1.807) is 5.56 Å². The van der Waals surface area contributed by atoms with Crippen LogP contribution in [0.2, 0.25) is 0 Å². The van der Waals surface area contributed by atoms with Gasteiger partial charge in [-0.25, -0.2) is 4.98 Å². The SMILES string of the molecule is CN1CCN(c2ccc(C3CCCc4c3ccc3c4ccc4ccccc43)cn2)CC1.c1ccc2cnccc2c1. The molecule has 2 aliphatic rings.